The molecule has 2 N–H and O–H groups in total. The third-order valence-electron chi connectivity index (χ3n) is 5.33. The molecule has 0 saturated carbocycles. The van der Waals surface area contributed by atoms with E-state index in [-0.39, 0.29) is 46.0 Å². The summed E-state index contributed by atoms with van der Waals surface area (Å²) in [6, 6.07) is 13.1. The van der Waals surface area contributed by atoms with E-state index in [1.54, 1.807) is 13.0 Å². The molecular weight excluding hydrogens is 552 g/mol. The zero-order valence-corrected chi connectivity index (χ0v) is 21.8. The number of barbiturate groups is 1. The largest absolute Gasteiger partial charge is 0.490 e. The third kappa shape index (κ3) is 6.54. The smallest absolute Gasteiger partial charge is 0.335 e. The molecule has 3 aromatic rings. The summed E-state index contributed by atoms with van der Waals surface area (Å²) in [7, 11) is 0. The van der Waals surface area contributed by atoms with Crippen LogP contribution in [0.5, 0.6) is 11.5 Å². The minimum atomic E-state index is -0.932. The fraction of sp³-hybridized carbons (Fsp3) is 0.111. The van der Waals surface area contributed by atoms with Gasteiger partial charge in [0, 0.05) is 5.69 Å². The van der Waals surface area contributed by atoms with Crippen LogP contribution in [0.2, 0.25) is 10.0 Å². The highest BCUT2D eigenvalue weighted by molar-refractivity contribution is 6.43. The number of anilines is 2. The maximum Gasteiger partial charge on any atom is 0.335 e. The number of benzene rings is 3. The van der Waals surface area contributed by atoms with E-state index in [2.05, 4.69) is 10.6 Å². The van der Waals surface area contributed by atoms with Gasteiger partial charge in [-0.1, -0.05) is 29.3 Å². The summed E-state index contributed by atoms with van der Waals surface area (Å²) in [5, 5.41) is 5.07. The van der Waals surface area contributed by atoms with E-state index in [9.17, 15) is 23.6 Å². The Morgan fingerprint density at radius 2 is 1.72 bits per heavy atom. The molecule has 9 nitrogen and oxygen atoms in total. The first-order valence-electron chi connectivity index (χ1n) is 11.5. The van der Waals surface area contributed by atoms with Crippen LogP contribution in [-0.4, -0.2) is 37.0 Å². The highest BCUT2D eigenvalue weighted by atomic mass is 35.5. The topological polar surface area (TPSA) is 114 Å². The zero-order chi connectivity index (χ0) is 28.1. The van der Waals surface area contributed by atoms with Gasteiger partial charge >= 0.3 is 6.03 Å². The average molecular weight is 572 g/mol. The first-order chi connectivity index (χ1) is 18.7. The van der Waals surface area contributed by atoms with Crippen LogP contribution in [0.15, 0.2) is 66.2 Å². The van der Waals surface area contributed by atoms with Crippen molar-refractivity contribution in [3.63, 3.8) is 0 Å². The number of ether oxygens (including phenoxy) is 2. The van der Waals surface area contributed by atoms with Crippen LogP contribution < -0.4 is 25.0 Å². The highest BCUT2D eigenvalue weighted by Crippen LogP contribution is 2.32. The monoisotopic (exact) mass is 571 g/mol. The fourth-order valence-electron chi connectivity index (χ4n) is 3.56. The predicted molar refractivity (Wildman–Crippen MR) is 144 cm³/mol. The number of hydrogen-bond donors (Lipinski definition) is 2. The van der Waals surface area contributed by atoms with Crippen molar-refractivity contribution in [1.82, 2.24) is 5.32 Å². The van der Waals surface area contributed by atoms with E-state index in [0.29, 0.717) is 11.3 Å². The minimum absolute atomic E-state index is 0.125. The van der Waals surface area contributed by atoms with Gasteiger partial charge in [0.25, 0.3) is 17.7 Å². The summed E-state index contributed by atoms with van der Waals surface area (Å²) in [5.41, 5.74) is 0.614. The van der Waals surface area contributed by atoms with Crippen molar-refractivity contribution >= 4 is 64.4 Å². The molecule has 0 radical (unpaired) electrons. The van der Waals surface area contributed by atoms with Gasteiger partial charge in [-0.3, -0.25) is 19.7 Å². The molecule has 0 unspecified atom stereocenters. The van der Waals surface area contributed by atoms with Gasteiger partial charge < -0.3 is 14.8 Å². The van der Waals surface area contributed by atoms with Gasteiger partial charge in [0.15, 0.2) is 18.1 Å². The number of urea groups is 1. The van der Waals surface area contributed by atoms with Crippen molar-refractivity contribution in [2.24, 2.45) is 0 Å². The quantitative estimate of drug-likeness (QED) is 0.283. The van der Waals surface area contributed by atoms with Crippen molar-refractivity contribution in [1.29, 1.82) is 0 Å². The summed E-state index contributed by atoms with van der Waals surface area (Å²) in [5.74, 6) is -2.16. The molecule has 1 saturated heterocycles. The summed E-state index contributed by atoms with van der Waals surface area (Å²) in [6.07, 6.45) is 1.29. The Balaban J connectivity index is 1.54. The molecule has 0 aromatic heterocycles. The van der Waals surface area contributed by atoms with E-state index in [0.717, 1.165) is 4.90 Å². The summed E-state index contributed by atoms with van der Waals surface area (Å²) >= 11 is 12.0. The number of imide groups is 2. The number of hydrogen-bond acceptors (Lipinski definition) is 6. The van der Waals surface area contributed by atoms with Crippen molar-refractivity contribution in [3.8, 4) is 11.5 Å². The highest BCUT2D eigenvalue weighted by Gasteiger charge is 2.37. The van der Waals surface area contributed by atoms with Gasteiger partial charge in [0.1, 0.15) is 11.4 Å². The fourth-order valence-corrected chi connectivity index (χ4v) is 3.85. The molecule has 1 fully saturated rings. The molecule has 5 amide bonds. The van der Waals surface area contributed by atoms with E-state index >= 15 is 0 Å². The summed E-state index contributed by atoms with van der Waals surface area (Å²) in [6.45, 7) is 1.64. The van der Waals surface area contributed by atoms with Crippen LogP contribution in [0.25, 0.3) is 6.08 Å². The van der Waals surface area contributed by atoms with Gasteiger partial charge in [0.05, 0.1) is 22.3 Å². The van der Waals surface area contributed by atoms with Crippen LogP contribution in [0.4, 0.5) is 20.6 Å². The standard InChI is InChI=1S/C27H20Cl2FN3O6/c1-2-38-23-12-15(3-10-22(23)39-14-24(34)31-17-6-4-16(30)5-7-17)11-19-25(35)32-27(37)33(26(19)36)18-8-9-20(28)21(29)13-18/h3-13H,2,14H2,1H3,(H,31,34)(H,32,35,37)/b19-11-. The number of nitrogens with one attached hydrogen (secondary N) is 2. The molecule has 0 bridgehead atoms. The normalized spacial score (nSPS) is 14.3. The Morgan fingerprint density at radius 1 is 0.974 bits per heavy atom. The summed E-state index contributed by atoms with van der Waals surface area (Å²) < 4.78 is 24.3. The number of amides is 5. The van der Waals surface area contributed by atoms with Crippen LogP contribution in [0.1, 0.15) is 12.5 Å². The van der Waals surface area contributed by atoms with Crippen LogP contribution in [0, 0.1) is 5.82 Å². The van der Waals surface area contributed by atoms with Crippen LogP contribution >= 0.6 is 23.2 Å². The molecular formula is C27H20Cl2FN3O6. The molecule has 0 aliphatic carbocycles. The first-order valence-corrected chi connectivity index (χ1v) is 12.2. The minimum Gasteiger partial charge on any atom is -0.490 e. The lowest BCUT2D eigenvalue weighted by Gasteiger charge is -2.26. The Labute approximate surface area is 232 Å². The van der Waals surface area contributed by atoms with E-state index < -0.39 is 29.6 Å². The number of carbonyl (C=O) groups is 4. The molecule has 1 aliphatic heterocycles. The van der Waals surface area contributed by atoms with Crippen molar-refractivity contribution in [2.75, 3.05) is 23.4 Å². The van der Waals surface area contributed by atoms with E-state index in [1.807, 2.05) is 0 Å². The summed E-state index contributed by atoms with van der Waals surface area (Å²) in [4.78, 5) is 51.1. The number of rotatable bonds is 8. The third-order valence-corrected chi connectivity index (χ3v) is 6.07. The van der Waals surface area contributed by atoms with E-state index in [1.165, 1.54) is 60.7 Å². The lowest BCUT2D eigenvalue weighted by Crippen LogP contribution is -2.54. The maximum absolute atomic E-state index is 13.1. The van der Waals surface area contributed by atoms with Gasteiger partial charge in [-0.15, -0.1) is 0 Å². The zero-order valence-electron chi connectivity index (χ0n) is 20.3. The van der Waals surface area contributed by atoms with E-state index in [4.69, 9.17) is 32.7 Å². The molecule has 12 heteroatoms. The molecule has 3 aromatic carbocycles. The molecule has 200 valence electrons. The van der Waals surface area contributed by atoms with Crippen LogP contribution in [0.3, 0.4) is 0 Å². The molecule has 39 heavy (non-hydrogen) atoms. The van der Waals surface area contributed by atoms with Gasteiger partial charge in [-0.25, -0.2) is 14.1 Å². The molecule has 0 spiro atoms. The van der Waals surface area contributed by atoms with Crippen molar-refractivity contribution < 1.29 is 33.0 Å². The second kappa shape index (κ2) is 12.0. The van der Waals surface area contributed by atoms with Crippen molar-refractivity contribution in [3.05, 3.63) is 87.7 Å². The lowest BCUT2D eigenvalue weighted by molar-refractivity contribution is -0.122. The van der Waals surface area contributed by atoms with Gasteiger partial charge in [-0.05, 0) is 73.2 Å². The molecule has 1 heterocycles. The van der Waals surface area contributed by atoms with Crippen LogP contribution in [-0.2, 0) is 14.4 Å². The lowest BCUT2D eigenvalue weighted by atomic mass is 10.1. The SMILES string of the molecule is CCOc1cc(/C=C2/C(=O)NC(=O)N(c3ccc(Cl)c(Cl)c3)C2=O)ccc1OCC(=O)Nc1ccc(F)cc1. The Kier molecular flexibility index (Phi) is 8.48. The Bertz CT molecular complexity index is 1490. The number of carbonyl (C=O) groups excluding carboxylic acids is 4. The number of nitrogens with zero attached hydrogens (tertiary/aromatic N) is 1. The molecule has 4 rings (SSSR count). The Hall–Kier alpha value is -4.41. The molecule has 1 aliphatic rings. The second-order valence-corrected chi connectivity index (χ2v) is 8.85. The average Bonchev–Trinajstić information content (AvgIpc) is 2.89. The molecule has 0 atom stereocenters. The van der Waals surface area contributed by atoms with Gasteiger partial charge in [0.2, 0.25) is 0 Å². The van der Waals surface area contributed by atoms with Crippen molar-refractivity contribution in [2.45, 2.75) is 6.92 Å². The maximum atomic E-state index is 13.1. The predicted octanol–water partition coefficient (Wildman–Crippen LogP) is 5.22. The first kappa shape index (κ1) is 27.6. The second-order valence-electron chi connectivity index (χ2n) is 8.04. The Morgan fingerprint density at radius 3 is 2.41 bits per heavy atom. The number of halogens is 3. The van der Waals surface area contributed by atoms with Gasteiger partial charge in [-0.2, -0.15) is 0 Å².